The van der Waals surface area contributed by atoms with Crippen molar-refractivity contribution in [3.63, 3.8) is 0 Å². The van der Waals surface area contributed by atoms with Gasteiger partial charge in [0.25, 0.3) is 0 Å². The van der Waals surface area contributed by atoms with E-state index in [-0.39, 0.29) is 10.9 Å². The molecule has 3 heterocycles. The molecule has 0 fully saturated rings. The number of hydrogen-bond acceptors (Lipinski definition) is 4. The Labute approximate surface area is 194 Å². The van der Waals surface area contributed by atoms with Crippen molar-refractivity contribution in [3.05, 3.63) is 70.0 Å². The standard InChI is InChI=1S/C23H21Cl2FN4O2/c1-12(19-17(24)5-6-18(26)20(19)25)16-10-28-21-15(16)7-13(8-27-21)14-9-29-30(11-14)23(2,3)22(31)32-4/h5-12H,1-4H3,(H,27,28). The average Bonchev–Trinajstić information content (AvgIpc) is 3.43. The summed E-state index contributed by atoms with van der Waals surface area (Å²) in [5, 5.41) is 5.60. The van der Waals surface area contributed by atoms with E-state index in [1.165, 1.54) is 19.2 Å². The third kappa shape index (κ3) is 3.65. The Kier molecular flexibility index (Phi) is 5.73. The van der Waals surface area contributed by atoms with Crippen molar-refractivity contribution in [2.75, 3.05) is 7.11 Å². The van der Waals surface area contributed by atoms with Crippen molar-refractivity contribution in [1.82, 2.24) is 19.7 Å². The molecule has 0 amide bonds. The van der Waals surface area contributed by atoms with Gasteiger partial charge in [-0.15, -0.1) is 0 Å². The number of benzene rings is 1. The van der Waals surface area contributed by atoms with E-state index in [2.05, 4.69) is 15.1 Å². The van der Waals surface area contributed by atoms with Gasteiger partial charge in [0, 0.05) is 46.0 Å². The number of nitrogens with one attached hydrogen (secondary N) is 1. The lowest BCUT2D eigenvalue weighted by Crippen LogP contribution is -2.37. The molecule has 1 atom stereocenters. The number of aromatic nitrogens is 4. The summed E-state index contributed by atoms with van der Waals surface area (Å²) >= 11 is 12.6. The zero-order valence-corrected chi connectivity index (χ0v) is 19.4. The summed E-state index contributed by atoms with van der Waals surface area (Å²) in [5.41, 5.74) is 2.73. The van der Waals surface area contributed by atoms with Gasteiger partial charge in [0.15, 0.2) is 5.54 Å². The molecule has 32 heavy (non-hydrogen) atoms. The number of carbonyl (C=O) groups excluding carboxylic acids is 1. The van der Waals surface area contributed by atoms with Crippen LogP contribution >= 0.6 is 23.2 Å². The molecular formula is C23H21Cl2FN4O2. The number of aromatic amines is 1. The van der Waals surface area contributed by atoms with Crippen LogP contribution in [0.5, 0.6) is 0 Å². The number of halogens is 3. The molecule has 0 saturated heterocycles. The van der Waals surface area contributed by atoms with E-state index >= 15 is 0 Å². The summed E-state index contributed by atoms with van der Waals surface area (Å²) in [6, 6.07) is 4.73. The maximum atomic E-state index is 14.1. The van der Waals surface area contributed by atoms with Gasteiger partial charge in [-0.3, -0.25) is 4.68 Å². The molecule has 0 bridgehead atoms. The van der Waals surface area contributed by atoms with E-state index in [1.54, 1.807) is 37.1 Å². The maximum Gasteiger partial charge on any atom is 0.333 e. The van der Waals surface area contributed by atoms with Crippen molar-refractivity contribution in [2.45, 2.75) is 32.2 Å². The largest absolute Gasteiger partial charge is 0.467 e. The van der Waals surface area contributed by atoms with Crippen LogP contribution in [0.2, 0.25) is 10.0 Å². The minimum atomic E-state index is -0.955. The SMILES string of the molecule is COC(=O)C(C)(C)n1cc(-c2cnc3[nH]cc(C(C)c4c(Cl)ccc(F)c4Cl)c3c2)cn1. The number of ether oxygens (including phenoxy) is 1. The van der Waals surface area contributed by atoms with Crippen LogP contribution in [0.25, 0.3) is 22.2 Å². The highest BCUT2D eigenvalue weighted by atomic mass is 35.5. The average molecular weight is 475 g/mol. The summed E-state index contributed by atoms with van der Waals surface area (Å²) in [6.45, 7) is 5.38. The molecule has 0 aliphatic carbocycles. The molecule has 4 rings (SSSR count). The van der Waals surface area contributed by atoms with Gasteiger partial charge in [0.05, 0.1) is 18.3 Å². The summed E-state index contributed by atoms with van der Waals surface area (Å²) in [4.78, 5) is 19.8. The second kappa shape index (κ2) is 8.22. The van der Waals surface area contributed by atoms with E-state index in [0.717, 1.165) is 22.1 Å². The first kappa shape index (κ1) is 22.3. The number of carbonyl (C=O) groups is 1. The van der Waals surface area contributed by atoms with Gasteiger partial charge < -0.3 is 9.72 Å². The predicted octanol–water partition coefficient (Wildman–Crippen LogP) is 5.93. The molecule has 6 nitrogen and oxygen atoms in total. The summed E-state index contributed by atoms with van der Waals surface area (Å²) in [5.74, 6) is -1.19. The lowest BCUT2D eigenvalue weighted by Gasteiger charge is -2.21. The number of hydrogen-bond donors (Lipinski definition) is 1. The van der Waals surface area contributed by atoms with E-state index in [0.29, 0.717) is 16.2 Å². The lowest BCUT2D eigenvalue weighted by molar-refractivity contribution is -0.150. The van der Waals surface area contributed by atoms with Gasteiger partial charge in [0.2, 0.25) is 0 Å². The zero-order valence-electron chi connectivity index (χ0n) is 17.9. The highest BCUT2D eigenvalue weighted by Gasteiger charge is 2.32. The van der Waals surface area contributed by atoms with Crippen molar-refractivity contribution >= 4 is 40.2 Å². The Balaban J connectivity index is 1.77. The first-order valence-corrected chi connectivity index (χ1v) is 10.6. The first-order valence-electron chi connectivity index (χ1n) is 9.89. The number of H-pyrrole nitrogens is 1. The minimum absolute atomic E-state index is 0.00906. The summed E-state index contributed by atoms with van der Waals surface area (Å²) in [7, 11) is 1.35. The highest BCUT2D eigenvalue weighted by Crippen LogP contribution is 2.39. The molecule has 166 valence electrons. The van der Waals surface area contributed by atoms with Crippen LogP contribution in [0.15, 0.2) is 43.0 Å². The van der Waals surface area contributed by atoms with Crippen LogP contribution in [0, 0.1) is 5.82 Å². The second-order valence-electron chi connectivity index (χ2n) is 8.07. The Morgan fingerprint density at radius 2 is 2.00 bits per heavy atom. The van der Waals surface area contributed by atoms with Crippen molar-refractivity contribution in [3.8, 4) is 11.1 Å². The topological polar surface area (TPSA) is 72.8 Å². The molecule has 0 aliphatic rings. The number of esters is 1. The molecule has 9 heteroatoms. The Morgan fingerprint density at radius 3 is 2.72 bits per heavy atom. The number of fused-ring (bicyclic) bond motifs is 1. The van der Waals surface area contributed by atoms with Crippen LogP contribution in [0.4, 0.5) is 4.39 Å². The van der Waals surface area contributed by atoms with Gasteiger partial charge in [-0.2, -0.15) is 5.10 Å². The number of nitrogens with zero attached hydrogens (tertiary/aromatic N) is 3. The van der Waals surface area contributed by atoms with Gasteiger partial charge in [0.1, 0.15) is 11.5 Å². The van der Waals surface area contributed by atoms with E-state index in [1.807, 2.05) is 19.2 Å². The Morgan fingerprint density at radius 1 is 1.25 bits per heavy atom. The molecular weight excluding hydrogens is 454 g/mol. The second-order valence-corrected chi connectivity index (χ2v) is 8.85. The minimum Gasteiger partial charge on any atom is -0.467 e. The molecule has 1 unspecified atom stereocenters. The van der Waals surface area contributed by atoms with E-state index < -0.39 is 17.3 Å². The summed E-state index contributed by atoms with van der Waals surface area (Å²) < 4.78 is 20.5. The first-order chi connectivity index (χ1) is 15.1. The zero-order chi connectivity index (χ0) is 23.2. The van der Waals surface area contributed by atoms with Crippen molar-refractivity contribution in [1.29, 1.82) is 0 Å². The Hall–Kier alpha value is -2.90. The Bertz CT molecular complexity index is 1330. The van der Waals surface area contributed by atoms with E-state index in [9.17, 15) is 9.18 Å². The van der Waals surface area contributed by atoms with Crippen LogP contribution in [-0.2, 0) is 15.1 Å². The van der Waals surface area contributed by atoms with Crippen LogP contribution in [0.1, 0.15) is 37.8 Å². The molecule has 1 N–H and O–H groups in total. The number of rotatable bonds is 5. The highest BCUT2D eigenvalue weighted by molar-refractivity contribution is 6.36. The quantitative estimate of drug-likeness (QED) is 0.287. The molecule has 0 aliphatic heterocycles. The van der Waals surface area contributed by atoms with Crippen LogP contribution in [-0.4, -0.2) is 32.8 Å². The monoisotopic (exact) mass is 474 g/mol. The molecule has 0 saturated carbocycles. The molecule has 4 aromatic rings. The lowest BCUT2D eigenvalue weighted by atomic mass is 9.92. The van der Waals surface area contributed by atoms with Crippen molar-refractivity contribution in [2.24, 2.45) is 0 Å². The molecule has 3 aromatic heterocycles. The summed E-state index contributed by atoms with van der Waals surface area (Å²) in [6.07, 6.45) is 6.99. The van der Waals surface area contributed by atoms with Crippen LogP contribution in [0.3, 0.4) is 0 Å². The molecule has 0 radical (unpaired) electrons. The fraction of sp³-hybridized carbons (Fsp3) is 0.261. The smallest absolute Gasteiger partial charge is 0.333 e. The molecule has 1 aromatic carbocycles. The van der Waals surface area contributed by atoms with Gasteiger partial charge in [-0.25, -0.2) is 14.2 Å². The fourth-order valence-electron chi connectivity index (χ4n) is 3.76. The number of methoxy groups -OCH3 is 1. The van der Waals surface area contributed by atoms with Gasteiger partial charge in [-0.05, 0) is 43.2 Å². The van der Waals surface area contributed by atoms with E-state index in [4.69, 9.17) is 27.9 Å². The number of pyridine rings is 1. The van der Waals surface area contributed by atoms with Crippen LogP contribution < -0.4 is 0 Å². The third-order valence-electron chi connectivity index (χ3n) is 5.72. The fourth-order valence-corrected chi connectivity index (χ4v) is 4.45. The normalized spacial score (nSPS) is 12.8. The third-order valence-corrected chi connectivity index (χ3v) is 6.43. The van der Waals surface area contributed by atoms with Crippen molar-refractivity contribution < 1.29 is 13.9 Å². The maximum absolute atomic E-state index is 14.1. The van der Waals surface area contributed by atoms with Gasteiger partial charge >= 0.3 is 5.97 Å². The predicted molar refractivity (Wildman–Crippen MR) is 123 cm³/mol. The molecule has 0 spiro atoms. The van der Waals surface area contributed by atoms with Gasteiger partial charge in [-0.1, -0.05) is 30.1 Å².